The Kier molecular flexibility index (Phi) is 5.39. The fourth-order valence-corrected chi connectivity index (χ4v) is 7.16. The highest BCUT2D eigenvalue weighted by Gasteiger charge is 2.44. The van der Waals surface area contributed by atoms with Crippen LogP contribution in [0.5, 0.6) is 0 Å². The summed E-state index contributed by atoms with van der Waals surface area (Å²) >= 11 is 0. The predicted molar refractivity (Wildman–Crippen MR) is 95.5 cm³/mol. The minimum Gasteiger partial charge on any atom is -0.481 e. The Bertz CT molecular complexity index is 638. The molecule has 3 nitrogen and oxygen atoms in total. The van der Waals surface area contributed by atoms with E-state index < -0.39 is 26.1 Å². The number of aliphatic carboxylic acids is 1. The van der Waals surface area contributed by atoms with Gasteiger partial charge in [0, 0.05) is 0 Å². The van der Waals surface area contributed by atoms with Crippen LogP contribution < -0.4 is 5.19 Å². The summed E-state index contributed by atoms with van der Waals surface area (Å²) in [4.78, 5) is 11.9. The van der Waals surface area contributed by atoms with Crippen molar-refractivity contribution in [3.63, 3.8) is 0 Å². The van der Waals surface area contributed by atoms with Crippen LogP contribution in [0.1, 0.15) is 18.0 Å². The summed E-state index contributed by atoms with van der Waals surface area (Å²) in [5, 5.41) is 21.1. The van der Waals surface area contributed by atoms with Crippen LogP contribution in [0.3, 0.4) is 0 Å². The van der Waals surface area contributed by atoms with Gasteiger partial charge in [0.25, 0.3) is 0 Å². The van der Waals surface area contributed by atoms with E-state index >= 15 is 0 Å². The number of carboxylic acids is 1. The van der Waals surface area contributed by atoms with Crippen LogP contribution in [0.2, 0.25) is 13.1 Å². The largest absolute Gasteiger partial charge is 0.481 e. The van der Waals surface area contributed by atoms with Gasteiger partial charge in [-0.25, -0.2) is 0 Å². The zero-order chi connectivity index (χ0) is 17.0. The molecule has 4 heteroatoms. The minimum atomic E-state index is -2.18. The van der Waals surface area contributed by atoms with E-state index in [1.54, 1.807) is 6.92 Å². The van der Waals surface area contributed by atoms with Crippen molar-refractivity contribution >= 4 is 19.2 Å². The van der Waals surface area contributed by atoms with E-state index in [0.29, 0.717) is 0 Å². The lowest BCUT2D eigenvalue weighted by Crippen LogP contribution is -2.53. The summed E-state index contributed by atoms with van der Waals surface area (Å²) in [5.74, 6) is -1.76. The van der Waals surface area contributed by atoms with Crippen LogP contribution in [0.15, 0.2) is 60.7 Å². The van der Waals surface area contributed by atoms with Crippen molar-refractivity contribution in [3.8, 4) is 0 Å². The molecule has 2 aromatic carbocycles. The normalized spacial score (nSPS) is 15.7. The Balaban J connectivity index is 2.60. The second kappa shape index (κ2) is 7.11. The first-order valence-corrected chi connectivity index (χ1v) is 10.9. The monoisotopic (exact) mass is 328 g/mol. The molecule has 0 fully saturated rings. The first kappa shape index (κ1) is 17.4. The third kappa shape index (κ3) is 3.71. The average molecular weight is 328 g/mol. The lowest BCUT2D eigenvalue weighted by molar-refractivity contribution is -0.145. The average Bonchev–Trinajstić information content (AvgIpc) is 2.53. The number of carboxylic acid groups (broad SMARTS) is 1. The van der Waals surface area contributed by atoms with Gasteiger partial charge < -0.3 is 10.2 Å². The zero-order valence-corrected chi connectivity index (χ0v) is 14.8. The van der Waals surface area contributed by atoms with Gasteiger partial charge in [-0.3, -0.25) is 4.79 Å². The summed E-state index contributed by atoms with van der Waals surface area (Å²) in [5.41, 5.74) is 0.782. The van der Waals surface area contributed by atoms with Crippen LogP contribution in [0.4, 0.5) is 0 Å². The van der Waals surface area contributed by atoms with E-state index in [2.05, 4.69) is 25.2 Å². The lowest BCUT2D eigenvalue weighted by atomic mass is 9.94. The molecule has 0 spiro atoms. The minimum absolute atomic E-state index is 0.205. The number of aliphatic hydroxyl groups is 1. The van der Waals surface area contributed by atoms with Crippen molar-refractivity contribution in [3.05, 3.63) is 66.2 Å². The fourth-order valence-electron chi connectivity index (χ4n) is 3.41. The Morgan fingerprint density at radius 1 is 0.957 bits per heavy atom. The van der Waals surface area contributed by atoms with Gasteiger partial charge in [-0.15, -0.1) is 0 Å². The smallest absolute Gasteiger partial charge is 0.309 e. The lowest BCUT2D eigenvalue weighted by Gasteiger charge is -2.38. The summed E-state index contributed by atoms with van der Waals surface area (Å²) < 4.78 is 0. The maximum atomic E-state index is 11.9. The van der Waals surface area contributed by atoms with Crippen molar-refractivity contribution in [2.24, 2.45) is 5.92 Å². The molecule has 0 saturated carbocycles. The molecule has 0 radical (unpaired) electrons. The SMILES string of the molecule is C[C@H](O)[C@H](C(=O)O)[C@H](c1ccccc1)[Si](C)(C)c1ccccc1. The maximum Gasteiger partial charge on any atom is 0.309 e. The second-order valence-electron chi connectivity index (χ2n) is 6.58. The highest BCUT2D eigenvalue weighted by molar-refractivity contribution is 6.91. The third-order valence-corrected chi connectivity index (χ3v) is 8.69. The molecule has 0 bridgehead atoms. The number of benzene rings is 2. The molecular formula is C19H24O3Si. The van der Waals surface area contributed by atoms with E-state index in [9.17, 15) is 15.0 Å². The van der Waals surface area contributed by atoms with E-state index in [-0.39, 0.29) is 5.54 Å². The molecule has 0 saturated heterocycles. The first-order chi connectivity index (χ1) is 10.9. The number of hydrogen-bond donors (Lipinski definition) is 2. The van der Waals surface area contributed by atoms with E-state index in [0.717, 1.165) is 5.56 Å². The Labute approximate surface area is 138 Å². The summed E-state index contributed by atoms with van der Waals surface area (Å²) in [6.07, 6.45) is -0.909. The van der Waals surface area contributed by atoms with Gasteiger partial charge in [0.2, 0.25) is 0 Å². The molecule has 3 atom stereocenters. The van der Waals surface area contributed by atoms with Crippen LogP contribution in [-0.4, -0.2) is 30.4 Å². The molecule has 2 aromatic rings. The van der Waals surface area contributed by atoms with Crippen LogP contribution in [-0.2, 0) is 4.79 Å². The molecule has 0 heterocycles. The summed E-state index contributed by atoms with van der Waals surface area (Å²) in [6.45, 7) is 5.93. The quantitative estimate of drug-likeness (QED) is 0.802. The predicted octanol–water partition coefficient (Wildman–Crippen LogP) is 3.01. The molecule has 0 amide bonds. The molecular weight excluding hydrogens is 304 g/mol. The highest BCUT2D eigenvalue weighted by atomic mass is 28.3. The zero-order valence-electron chi connectivity index (χ0n) is 13.8. The molecule has 2 rings (SSSR count). The third-order valence-electron chi connectivity index (χ3n) is 4.62. The highest BCUT2D eigenvalue weighted by Crippen LogP contribution is 2.36. The van der Waals surface area contributed by atoms with Gasteiger partial charge in [-0.2, -0.15) is 0 Å². The van der Waals surface area contributed by atoms with Crippen molar-refractivity contribution < 1.29 is 15.0 Å². The van der Waals surface area contributed by atoms with E-state index in [1.165, 1.54) is 5.19 Å². The molecule has 122 valence electrons. The number of aliphatic hydroxyl groups excluding tert-OH is 1. The number of carbonyl (C=O) groups is 1. The van der Waals surface area contributed by atoms with E-state index in [1.807, 2.05) is 48.5 Å². The van der Waals surface area contributed by atoms with Crippen molar-refractivity contribution in [1.82, 2.24) is 0 Å². The molecule has 0 aliphatic carbocycles. The Hall–Kier alpha value is -1.91. The van der Waals surface area contributed by atoms with Crippen LogP contribution >= 0.6 is 0 Å². The van der Waals surface area contributed by atoms with Crippen LogP contribution in [0, 0.1) is 5.92 Å². The Morgan fingerprint density at radius 2 is 1.43 bits per heavy atom. The van der Waals surface area contributed by atoms with Gasteiger partial charge in [-0.05, 0) is 18.0 Å². The fraction of sp³-hybridized carbons (Fsp3) is 0.316. The van der Waals surface area contributed by atoms with Crippen molar-refractivity contribution in [1.29, 1.82) is 0 Å². The van der Waals surface area contributed by atoms with Crippen LogP contribution in [0.25, 0.3) is 0 Å². The van der Waals surface area contributed by atoms with Gasteiger partial charge in [0.1, 0.15) is 0 Å². The van der Waals surface area contributed by atoms with Gasteiger partial charge in [-0.1, -0.05) is 78.9 Å². The van der Waals surface area contributed by atoms with Gasteiger partial charge in [0.15, 0.2) is 0 Å². The first-order valence-electron chi connectivity index (χ1n) is 7.87. The van der Waals surface area contributed by atoms with Gasteiger partial charge in [0.05, 0.1) is 20.1 Å². The standard InChI is InChI=1S/C19H24O3Si/c1-14(20)17(19(21)22)18(15-10-6-4-7-11-15)23(2,3)16-12-8-5-9-13-16/h4-14,17-18,20H,1-3H3,(H,21,22)/t14-,17-,18-/m0/s1. The van der Waals surface area contributed by atoms with Gasteiger partial charge >= 0.3 is 5.97 Å². The molecule has 23 heavy (non-hydrogen) atoms. The number of rotatable bonds is 6. The summed E-state index contributed by atoms with van der Waals surface area (Å²) in [6, 6.07) is 19.8. The molecule has 0 unspecified atom stereocenters. The van der Waals surface area contributed by atoms with E-state index in [4.69, 9.17) is 0 Å². The molecule has 0 aliphatic rings. The Morgan fingerprint density at radius 3 is 1.87 bits per heavy atom. The van der Waals surface area contributed by atoms with Crippen molar-refractivity contribution in [2.45, 2.75) is 31.7 Å². The van der Waals surface area contributed by atoms with Crippen molar-refractivity contribution in [2.75, 3.05) is 0 Å². The molecule has 2 N–H and O–H groups in total. The maximum absolute atomic E-state index is 11.9. The topological polar surface area (TPSA) is 57.5 Å². The second-order valence-corrected chi connectivity index (χ2v) is 11.2. The number of hydrogen-bond acceptors (Lipinski definition) is 2. The molecule has 0 aliphatic heterocycles. The molecule has 0 aromatic heterocycles. The summed E-state index contributed by atoms with van der Waals surface area (Å²) in [7, 11) is -2.18.